The van der Waals surface area contributed by atoms with E-state index in [0.717, 1.165) is 22.3 Å². The summed E-state index contributed by atoms with van der Waals surface area (Å²) in [4.78, 5) is 13.3. The average molecular weight is 489 g/mol. The molecule has 0 amide bonds. The topological polar surface area (TPSA) is 43.4 Å². The summed E-state index contributed by atoms with van der Waals surface area (Å²) in [6.07, 6.45) is 5.07. The van der Waals surface area contributed by atoms with E-state index in [-0.39, 0.29) is 5.78 Å². The van der Waals surface area contributed by atoms with Gasteiger partial charge in [-0.15, -0.1) is 0 Å². The van der Waals surface area contributed by atoms with Crippen LogP contribution in [-0.4, -0.2) is 5.78 Å². The predicted molar refractivity (Wildman–Crippen MR) is 138 cm³/mol. The normalized spacial score (nSPS) is 18.7. The molecular weight excluding hydrogens is 467 g/mol. The van der Waals surface area contributed by atoms with Crippen molar-refractivity contribution in [2.45, 2.75) is 19.8 Å². The third-order valence-corrected chi connectivity index (χ3v) is 6.54. The lowest BCUT2D eigenvalue weighted by Gasteiger charge is -2.22. The fourth-order valence-electron chi connectivity index (χ4n) is 4.28. The standard InChI is InChI=1S/C29H22Cl2O3/c1-18-14-19(16-21-10-12-27(33-21)23-6-2-4-8-25(23)30)29(32)20(15-18)17-22-11-13-28(34-22)24-7-3-5-9-26(24)31/h2-13,16-18H,14-15H2,1H3. The van der Waals surface area contributed by atoms with Crippen molar-refractivity contribution >= 4 is 41.1 Å². The van der Waals surface area contributed by atoms with Crippen LogP contribution in [0.15, 0.2) is 92.8 Å². The van der Waals surface area contributed by atoms with Crippen LogP contribution in [0, 0.1) is 5.92 Å². The van der Waals surface area contributed by atoms with Gasteiger partial charge in [0.1, 0.15) is 23.0 Å². The van der Waals surface area contributed by atoms with Crippen LogP contribution in [0.25, 0.3) is 34.8 Å². The maximum absolute atomic E-state index is 13.3. The van der Waals surface area contributed by atoms with E-state index in [1.807, 2.05) is 84.9 Å². The van der Waals surface area contributed by atoms with Gasteiger partial charge in [-0.25, -0.2) is 0 Å². The highest BCUT2D eigenvalue weighted by molar-refractivity contribution is 6.33. The minimum atomic E-state index is 0.0180. The van der Waals surface area contributed by atoms with Crippen LogP contribution in [0.3, 0.4) is 0 Å². The Morgan fingerprint density at radius 2 is 1.15 bits per heavy atom. The van der Waals surface area contributed by atoms with Crippen molar-refractivity contribution in [2.75, 3.05) is 0 Å². The van der Waals surface area contributed by atoms with Gasteiger partial charge in [-0.1, -0.05) is 54.4 Å². The summed E-state index contributed by atoms with van der Waals surface area (Å²) in [6, 6.07) is 22.5. The average Bonchev–Trinajstić information content (AvgIpc) is 3.47. The smallest absolute Gasteiger partial charge is 0.185 e. The van der Waals surface area contributed by atoms with E-state index < -0.39 is 0 Å². The van der Waals surface area contributed by atoms with E-state index in [1.165, 1.54) is 0 Å². The second kappa shape index (κ2) is 9.54. The van der Waals surface area contributed by atoms with Crippen molar-refractivity contribution in [3.8, 4) is 22.6 Å². The van der Waals surface area contributed by atoms with Gasteiger partial charge in [0.25, 0.3) is 0 Å². The molecule has 1 aliphatic carbocycles. The van der Waals surface area contributed by atoms with Crippen LogP contribution < -0.4 is 0 Å². The highest BCUT2D eigenvalue weighted by atomic mass is 35.5. The molecule has 3 nitrogen and oxygen atoms in total. The molecule has 2 heterocycles. The summed E-state index contributed by atoms with van der Waals surface area (Å²) in [5, 5.41) is 1.25. The maximum Gasteiger partial charge on any atom is 0.185 e. The maximum atomic E-state index is 13.3. The molecule has 0 spiro atoms. The molecule has 2 aromatic carbocycles. The van der Waals surface area contributed by atoms with E-state index in [9.17, 15) is 4.79 Å². The number of halogens is 2. The van der Waals surface area contributed by atoms with E-state index in [1.54, 1.807) is 0 Å². The van der Waals surface area contributed by atoms with Crippen molar-refractivity contribution in [2.24, 2.45) is 5.92 Å². The predicted octanol–water partition coefficient (Wildman–Crippen LogP) is 8.98. The molecule has 0 saturated heterocycles. The van der Waals surface area contributed by atoms with Crippen LogP contribution in [-0.2, 0) is 4.79 Å². The summed E-state index contributed by atoms with van der Waals surface area (Å²) in [5.41, 5.74) is 3.10. The number of Topliss-reactive ketones (excluding diaryl/α,β-unsaturated/α-hetero) is 1. The quantitative estimate of drug-likeness (QED) is 0.269. The molecule has 34 heavy (non-hydrogen) atoms. The van der Waals surface area contributed by atoms with Gasteiger partial charge >= 0.3 is 0 Å². The second-order valence-corrected chi connectivity index (χ2v) is 9.36. The first-order valence-electron chi connectivity index (χ1n) is 11.1. The summed E-state index contributed by atoms with van der Waals surface area (Å²) < 4.78 is 12.0. The van der Waals surface area contributed by atoms with Crippen LogP contribution >= 0.6 is 23.2 Å². The SMILES string of the molecule is CC1CC(=Cc2ccc(-c3ccccc3Cl)o2)C(=O)C(=Cc2ccc(-c3ccccc3Cl)o2)C1. The fourth-order valence-corrected chi connectivity index (χ4v) is 4.74. The summed E-state index contributed by atoms with van der Waals surface area (Å²) in [5.74, 6) is 2.95. The molecule has 0 N–H and O–H groups in total. The van der Waals surface area contributed by atoms with Crippen molar-refractivity contribution in [3.63, 3.8) is 0 Å². The van der Waals surface area contributed by atoms with E-state index in [0.29, 0.717) is 51.8 Å². The number of hydrogen-bond donors (Lipinski definition) is 0. The van der Waals surface area contributed by atoms with Crippen LogP contribution in [0.2, 0.25) is 10.0 Å². The van der Waals surface area contributed by atoms with Crippen molar-refractivity contribution in [3.05, 3.63) is 106 Å². The number of benzene rings is 2. The van der Waals surface area contributed by atoms with Crippen LogP contribution in [0.1, 0.15) is 31.3 Å². The zero-order chi connectivity index (χ0) is 23.7. The van der Waals surface area contributed by atoms with Crippen LogP contribution in [0.4, 0.5) is 0 Å². The molecule has 2 aromatic heterocycles. The van der Waals surface area contributed by atoms with Gasteiger partial charge < -0.3 is 8.83 Å². The minimum absolute atomic E-state index is 0.0180. The molecule has 5 heteroatoms. The number of rotatable bonds is 4. The summed E-state index contributed by atoms with van der Waals surface area (Å²) in [6.45, 7) is 2.14. The lowest BCUT2D eigenvalue weighted by Crippen LogP contribution is -2.18. The van der Waals surface area contributed by atoms with Crippen molar-refractivity contribution in [1.29, 1.82) is 0 Å². The number of allylic oxidation sites excluding steroid dienone is 2. The monoisotopic (exact) mass is 488 g/mol. The summed E-state index contributed by atoms with van der Waals surface area (Å²) in [7, 11) is 0. The Balaban J connectivity index is 1.41. The zero-order valence-electron chi connectivity index (χ0n) is 18.6. The molecule has 0 radical (unpaired) electrons. The Morgan fingerprint density at radius 1 is 0.706 bits per heavy atom. The van der Waals surface area contributed by atoms with Crippen molar-refractivity contribution < 1.29 is 13.6 Å². The molecule has 170 valence electrons. The highest BCUT2D eigenvalue weighted by Gasteiger charge is 2.26. The molecule has 1 aliphatic rings. The fraction of sp³-hybridized carbons (Fsp3) is 0.138. The Hall–Kier alpha value is -3.27. The lowest BCUT2D eigenvalue weighted by molar-refractivity contribution is -0.113. The highest BCUT2D eigenvalue weighted by Crippen LogP contribution is 2.35. The van der Waals surface area contributed by atoms with E-state index in [4.69, 9.17) is 32.0 Å². The molecule has 0 bridgehead atoms. The van der Waals surface area contributed by atoms with Gasteiger partial charge in [0, 0.05) is 22.3 Å². The number of carbonyl (C=O) groups is 1. The molecule has 0 aliphatic heterocycles. The first-order valence-corrected chi connectivity index (χ1v) is 11.9. The molecule has 0 atom stereocenters. The Kier molecular flexibility index (Phi) is 6.32. The van der Waals surface area contributed by atoms with Gasteiger partial charge in [0.05, 0.1) is 10.0 Å². The van der Waals surface area contributed by atoms with Crippen molar-refractivity contribution in [1.82, 2.24) is 0 Å². The van der Waals surface area contributed by atoms with Gasteiger partial charge in [-0.3, -0.25) is 4.79 Å². The largest absolute Gasteiger partial charge is 0.457 e. The molecule has 1 fully saturated rings. The third kappa shape index (κ3) is 4.68. The molecule has 5 rings (SSSR count). The lowest BCUT2D eigenvalue weighted by atomic mass is 9.81. The Labute approximate surface area is 208 Å². The van der Waals surface area contributed by atoms with Gasteiger partial charge in [0.2, 0.25) is 0 Å². The number of furan rings is 2. The third-order valence-electron chi connectivity index (χ3n) is 5.89. The molecule has 0 unspecified atom stereocenters. The van der Waals surface area contributed by atoms with Gasteiger partial charge in [-0.2, -0.15) is 0 Å². The summed E-state index contributed by atoms with van der Waals surface area (Å²) >= 11 is 12.6. The molecular formula is C29H22Cl2O3. The molecule has 4 aromatic rings. The van der Waals surface area contributed by atoms with Crippen LogP contribution in [0.5, 0.6) is 0 Å². The number of carbonyl (C=O) groups excluding carboxylic acids is 1. The van der Waals surface area contributed by atoms with Gasteiger partial charge in [0.15, 0.2) is 5.78 Å². The first-order chi connectivity index (χ1) is 16.5. The number of ketones is 1. The van der Waals surface area contributed by atoms with E-state index >= 15 is 0 Å². The zero-order valence-corrected chi connectivity index (χ0v) is 20.1. The van der Waals surface area contributed by atoms with Gasteiger partial charge in [-0.05, 0) is 79.4 Å². The Bertz CT molecular complexity index is 1310. The van der Waals surface area contributed by atoms with E-state index in [2.05, 4.69) is 6.92 Å². The minimum Gasteiger partial charge on any atom is -0.457 e. The Morgan fingerprint density at radius 3 is 1.59 bits per heavy atom. The number of hydrogen-bond acceptors (Lipinski definition) is 3. The first kappa shape index (κ1) is 22.5. The molecule has 1 saturated carbocycles. The second-order valence-electron chi connectivity index (χ2n) is 8.55.